The Morgan fingerprint density at radius 3 is 0.968 bits per heavy atom. The molecule has 0 fully saturated rings. The average Bonchev–Trinajstić information content (AvgIpc) is 3.31. The van der Waals surface area contributed by atoms with Gasteiger partial charge in [0, 0.05) is 10.8 Å². The van der Waals surface area contributed by atoms with Crippen LogP contribution in [0.25, 0.3) is 43.1 Å². The molecule has 0 spiro atoms. The summed E-state index contributed by atoms with van der Waals surface area (Å²) >= 11 is 0. The van der Waals surface area contributed by atoms with E-state index in [0.717, 1.165) is 43.4 Å². The van der Waals surface area contributed by atoms with Crippen LogP contribution in [0.2, 0.25) is 0 Å². The Balaban J connectivity index is 0.000000186. The van der Waals surface area contributed by atoms with E-state index in [1.807, 2.05) is 72.8 Å². The summed E-state index contributed by atoms with van der Waals surface area (Å²) in [6.07, 6.45) is 0. The molecule has 62 heavy (non-hydrogen) atoms. The standard InChI is InChI=1S/2C25H22O6/c2*1-28-21-12-18-17-11-23(30-3)24(31-14-15-7-5-4-6-8-15)10-16(17)9-20(25(26)27)19(18)13-22(21)29-2/h2*4-13H,14H2,1-3H3,(H,26,27). The van der Waals surface area contributed by atoms with E-state index in [4.69, 9.17) is 37.9 Å². The minimum absolute atomic E-state index is 0.169. The van der Waals surface area contributed by atoms with Crippen LogP contribution in [0.3, 0.4) is 0 Å². The molecule has 0 saturated heterocycles. The Bertz CT molecular complexity index is 2730. The van der Waals surface area contributed by atoms with Gasteiger partial charge in [0.25, 0.3) is 0 Å². The molecule has 0 aromatic heterocycles. The maximum Gasteiger partial charge on any atom is 0.336 e. The molecule has 0 aliphatic rings. The number of fused-ring (bicyclic) bond motifs is 6. The zero-order valence-corrected chi connectivity index (χ0v) is 34.9. The lowest BCUT2D eigenvalue weighted by Gasteiger charge is -2.16. The van der Waals surface area contributed by atoms with Gasteiger partial charge < -0.3 is 48.1 Å². The number of hydrogen-bond donors (Lipinski definition) is 2. The molecule has 0 aliphatic heterocycles. The highest BCUT2D eigenvalue weighted by molar-refractivity contribution is 6.18. The topological polar surface area (TPSA) is 148 Å². The van der Waals surface area contributed by atoms with Crippen molar-refractivity contribution in [1.82, 2.24) is 0 Å². The van der Waals surface area contributed by atoms with E-state index < -0.39 is 11.9 Å². The van der Waals surface area contributed by atoms with Crippen molar-refractivity contribution in [1.29, 1.82) is 0 Å². The Hall–Kier alpha value is -7.86. The third-order valence-electron chi connectivity index (χ3n) is 10.4. The van der Waals surface area contributed by atoms with Gasteiger partial charge in [0.05, 0.1) is 53.8 Å². The van der Waals surface area contributed by atoms with Crippen molar-refractivity contribution in [2.45, 2.75) is 13.2 Å². The first-order valence-electron chi connectivity index (χ1n) is 19.3. The number of benzene rings is 8. The second kappa shape index (κ2) is 18.6. The van der Waals surface area contributed by atoms with Crippen LogP contribution in [0.15, 0.2) is 121 Å². The minimum Gasteiger partial charge on any atom is -0.493 e. The first-order valence-corrected chi connectivity index (χ1v) is 19.3. The molecular weight excluding hydrogens is 793 g/mol. The van der Waals surface area contributed by atoms with Crippen LogP contribution in [0.1, 0.15) is 31.8 Å². The van der Waals surface area contributed by atoms with Crippen molar-refractivity contribution in [3.8, 4) is 46.0 Å². The van der Waals surface area contributed by atoms with Crippen molar-refractivity contribution in [3.63, 3.8) is 0 Å². The number of hydrogen-bond acceptors (Lipinski definition) is 10. The lowest BCUT2D eigenvalue weighted by molar-refractivity contribution is 0.0688. The number of carboxylic acids is 2. The summed E-state index contributed by atoms with van der Waals surface area (Å²) in [4.78, 5) is 24.0. The van der Waals surface area contributed by atoms with E-state index in [2.05, 4.69) is 0 Å². The second-order valence-electron chi connectivity index (χ2n) is 14.0. The molecule has 2 N–H and O–H groups in total. The summed E-state index contributed by atoms with van der Waals surface area (Å²) in [6, 6.07) is 37.1. The highest BCUT2D eigenvalue weighted by Gasteiger charge is 2.20. The molecule has 8 aromatic rings. The van der Waals surface area contributed by atoms with Gasteiger partial charge in [0.2, 0.25) is 0 Å². The summed E-state index contributed by atoms with van der Waals surface area (Å²) in [5, 5.41) is 25.3. The molecule has 8 rings (SSSR count). The van der Waals surface area contributed by atoms with Crippen LogP contribution in [0.4, 0.5) is 0 Å². The van der Waals surface area contributed by atoms with Crippen LogP contribution in [0.5, 0.6) is 46.0 Å². The molecule has 0 radical (unpaired) electrons. The van der Waals surface area contributed by atoms with Crippen molar-refractivity contribution < 1.29 is 57.7 Å². The summed E-state index contributed by atoms with van der Waals surface area (Å²) in [5.41, 5.74) is 2.38. The van der Waals surface area contributed by atoms with Gasteiger partial charge in [-0.2, -0.15) is 0 Å². The Morgan fingerprint density at radius 1 is 0.371 bits per heavy atom. The third kappa shape index (κ3) is 8.57. The highest BCUT2D eigenvalue weighted by Crippen LogP contribution is 2.43. The van der Waals surface area contributed by atoms with E-state index in [-0.39, 0.29) is 11.1 Å². The molecule has 8 aromatic carbocycles. The second-order valence-corrected chi connectivity index (χ2v) is 14.0. The molecule has 0 unspecified atom stereocenters. The molecule has 12 nitrogen and oxygen atoms in total. The fraction of sp³-hybridized carbons (Fsp3) is 0.160. The van der Waals surface area contributed by atoms with Crippen LogP contribution < -0.4 is 37.9 Å². The average molecular weight is 837 g/mol. The first-order chi connectivity index (χ1) is 30.1. The highest BCUT2D eigenvalue weighted by atomic mass is 16.5. The molecular formula is C50H44O12. The van der Waals surface area contributed by atoms with Crippen LogP contribution in [-0.4, -0.2) is 64.8 Å². The maximum atomic E-state index is 12.0. The third-order valence-corrected chi connectivity index (χ3v) is 10.4. The molecule has 0 aliphatic carbocycles. The van der Waals surface area contributed by atoms with Crippen LogP contribution in [0, 0.1) is 0 Å². The Labute approximate surface area is 357 Å². The number of rotatable bonds is 14. The number of ether oxygens (including phenoxy) is 8. The smallest absolute Gasteiger partial charge is 0.336 e. The van der Waals surface area contributed by atoms with Gasteiger partial charge >= 0.3 is 11.9 Å². The van der Waals surface area contributed by atoms with E-state index in [1.165, 1.54) is 14.2 Å². The van der Waals surface area contributed by atoms with E-state index in [0.29, 0.717) is 70.0 Å². The van der Waals surface area contributed by atoms with Crippen molar-refractivity contribution in [2.24, 2.45) is 0 Å². The first kappa shape index (κ1) is 42.3. The fourth-order valence-corrected chi connectivity index (χ4v) is 7.34. The predicted octanol–water partition coefficient (Wildman–Crippen LogP) is 10.6. The van der Waals surface area contributed by atoms with Gasteiger partial charge in [0.15, 0.2) is 46.0 Å². The lowest BCUT2D eigenvalue weighted by Crippen LogP contribution is -2.01. The monoisotopic (exact) mass is 836 g/mol. The zero-order chi connectivity index (χ0) is 43.9. The quantitative estimate of drug-likeness (QED) is 0.100. The van der Waals surface area contributed by atoms with Gasteiger partial charge in [-0.05, 0) is 104 Å². The van der Waals surface area contributed by atoms with Crippen molar-refractivity contribution in [2.75, 3.05) is 42.7 Å². The number of aromatic carboxylic acids is 2. The molecule has 316 valence electrons. The normalized spacial score (nSPS) is 10.8. The van der Waals surface area contributed by atoms with E-state index >= 15 is 0 Å². The minimum atomic E-state index is -1.03. The molecule has 0 atom stereocenters. The Morgan fingerprint density at radius 2 is 0.661 bits per heavy atom. The summed E-state index contributed by atoms with van der Waals surface area (Å²) in [6.45, 7) is 0.736. The van der Waals surface area contributed by atoms with Gasteiger partial charge in [-0.1, -0.05) is 60.7 Å². The number of carbonyl (C=O) groups is 2. The number of carboxylic acid groups (broad SMARTS) is 2. The molecule has 0 amide bonds. The Kier molecular flexibility index (Phi) is 12.7. The summed E-state index contributed by atoms with van der Waals surface area (Å²) in [7, 11) is 9.28. The number of methoxy groups -OCH3 is 6. The SMILES string of the molecule is COc1cc2c(C(=O)O)cc3cc(OCc4ccccc4)c(OC)cc3c2cc1OC.COc1cc2c(C(=O)O)cc3cc(OCc4ccccc4)c(OC)cc3c2cc1OC. The molecule has 0 heterocycles. The van der Waals surface area contributed by atoms with Gasteiger partial charge in [-0.25, -0.2) is 9.59 Å². The van der Waals surface area contributed by atoms with Gasteiger partial charge in [0.1, 0.15) is 13.2 Å². The predicted molar refractivity (Wildman–Crippen MR) is 238 cm³/mol. The zero-order valence-electron chi connectivity index (χ0n) is 34.9. The maximum absolute atomic E-state index is 12.0. The van der Waals surface area contributed by atoms with Gasteiger partial charge in [-0.15, -0.1) is 0 Å². The van der Waals surface area contributed by atoms with E-state index in [9.17, 15) is 19.8 Å². The van der Waals surface area contributed by atoms with Crippen LogP contribution in [-0.2, 0) is 13.2 Å². The van der Waals surface area contributed by atoms with Crippen molar-refractivity contribution in [3.05, 3.63) is 144 Å². The molecule has 12 heteroatoms. The van der Waals surface area contributed by atoms with Gasteiger partial charge in [-0.3, -0.25) is 0 Å². The lowest BCUT2D eigenvalue weighted by atomic mass is 9.96. The summed E-state index contributed by atoms with van der Waals surface area (Å²) in [5.74, 6) is 2.10. The largest absolute Gasteiger partial charge is 0.493 e. The van der Waals surface area contributed by atoms with Crippen molar-refractivity contribution >= 4 is 55.0 Å². The van der Waals surface area contributed by atoms with E-state index in [1.54, 1.807) is 77.0 Å². The van der Waals surface area contributed by atoms with Crippen LogP contribution >= 0.6 is 0 Å². The molecule has 0 bridgehead atoms. The molecule has 0 saturated carbocycles. The summed E-state index contributed by atoms with van der Waals surface area (Å²) < 4.78 is 44.7. The fourth-order valence-electron chi connectivity index (χ4n) is 7.34.